The Labute approximate surface area is 181 Å². The van der Waals surface area contributed by atoms with Gasteiger partial charge in [0.1, 0.15) is 11.4 Å². The van der Waals surface area contributed by atoms with Crippen molar-refractivity contribution in [3.8, 4) is 5.75 Å². The Hall–Kier alpha value is -3.35. The highest BCUT2D eigenvalue weighted by Crippen LogP contribution is 2.44. The van der Waals surface area contributed by atoms with Gasteiger partial charge < -0.3 is 20.1 Å². The fraction of sp³-hybridized carbons (Fsp3) is 0.375. The Morgan fingerprint density at radius 2 is 1.81 bits per heavy atom. The number of nitrogens with one attached hydrogen (secondary N) is 2. The predicted octanol–water partition coefficient (Wildman–Crippen LogP) is 4.15. The van der Waals surface area contributed by atoms with Crippen molar-refractivity contribution in [3.63, 3.8) is 0 Å². The number of rotatable bonds is 5. The molecular weight excluding hydrogens is 396 g/mol. The molecule has 1 unspecified atom stereocenters. The molecule has 2 aromatic rings. The Balaban J connectivity index is 1.47. The SMILES string of the molecule is COc1ccccc1NC(=O)c1cccc(NC(=O)C2CC(=O)OC23CCCCC3)c1. The van der Waals surface area contributed by atoms with Gasteiger partial charge in [-0.25, -0.2) is 0 Å². The fourth-order valence-corrected chi connectivity index (χ4v) is 4.53. The van der Waals surface area contributed by atoms with Crippen molar-refractivity contribution in [1.29, 1.82) is 0 Å². The van der Waals surface area contributed by atoms with Crippen molar-refractivity contribution in [3.05, 3.63) is 54.1 Å². The number of esters is 1. The van der Waals surface area contributed by atoms with Crippen LogP contribution in [0.15, 0.2) is 48.5 Å². The number of hydrogen-bond acceptors (Lipinski definition) is 5. The number of hydrogen-bond donors (Lipinski definition) is 2. The maximum Gasteiger partial charge on any atom is 0.307 e. The molecule has 2 fully saturated rings. The van der Waals surface area contributed by atoms with Crippen LogP contribution in [0.1, 0.15) is 48.9 Å². The smallest absolute Gasteiger partial charge is 0.307 e. The summed E-state index contributed by atoms with van der Waals surface area (Å²) in [5.41, 5.74) is 0.779. The molecule has 7 nitrogen and oxygen atoms in total. The van der Waals surface area contributed by atoms with E-state index in [1.165, 1.54) is 7.11 Å². The van der Waals surface area contributed by atoms with E-state index in [2.05, 4.69) is 10.6 Å². The van der Waals surface area contributed by atoms with E-state index < -0.39 is 11.5 Å². The molecule has 0 bridgehead atoms. The number of ether oxygens (including phenoxy) is 2. The van der Waals surface area contributed by atoms with Gasteiger partial charge in [-0.2, -0.15) is 0 Å². The van der Waals surface area contributed by atoms with Gasteiger partial charge in [-0.05, 0) is 56.0 Å². The Morgan fingerprint density at radius 3 is 2.58 bits per heavy atom. The number of anilines is 2. The van der Waals surface area contributed by atoms with Crippen LogP contribution in [-0.2, 0) is 14.3 Å². The van der Waals surface area contributed by atoms with Crippen molar-refractivity contribution in [1.82, 2.24) is 0 Å². The molecule has 2 amide bonds. The van der Waals surface area contributed by atoms with Gasteiger partial charge in [0.2, 0.25) is 5.91 Å². The van der Waals surface area contributed by atoms with Crippen molar-refractivity contribution < 1.29 is 23.9 Å². The zero-order valence-corrected chi connectivity index (χ0v) is 17.5. The molecule has 0 aromatic heterocycles. The van der Waals surface area contributed by atoms with Crippen LogP contribution in [0.4, 0.5) is 11.4 Å². The third-order valence-electron chi connectivity index (χ3n) is 6.09. The van der Waals surface area contributed by atoms with Crippen molar-refractivity contribution in [2.75, 3.05) is 17.7 Å². The molecule has 7 heteroatoms. The van der Waals surface area contributed by atoms with Crippen LogP contribution < -0.4 is 15.4 Å². The van der Waals surface area contributed by atoms with Crippen molar-refractivity contribution in [2.24, 2.45) is 5.92 Å². The first-order valence-electron chi connectivity index (χ1n) is 10.6. The summed E-state index contributed by atoms with van der Waals surface area (Å²) in [6, 6.07) is 13.9. The number of carbonyl (C=O) groups is 3. The van der Waals surface area contributed by atoms with E-state index in [0.29, 0.717) is 22.7 Å². The number of para-hydroxylation sites is 2. The minimum Gasteiger partial charge on any atom is -0.495 e. The molecule has 1 saturated heterocycles. The van der Waals surface area contributed by atoms with Gasteiger partial charge in [-0.15, -0.1) is 0 Å². The Kier molecular flexibility index (Phi) is 5.93. The summed E-state index contributed by atoms with van der Waals surface area (Å²) in [4.78, 5) is 37.7. The maximum absolute atomic E-state index is 13.0. The molecular formula is C24H26N2O5. The molecule has 4 rings (SSSR count). The largest absolute Gasteiger partial charge is 0.495 e. The minimum absolute atomic E-state index is 0.0970. The molecule has 1 heterocycles. The second-order valence-corrected chi connectivity index (χ2v) is 8.08. The lowest BCUT2D eigenvalue weighted by molar-refractivity contribution is -0.153. The molecule has 162 valence electrons. The van der Waals surface area contributed by atoms with Crippen LogP contribution in [0, 0.1) is 5.92 Å². The van der Waals surface area contributed by atoms with Crippen LogP contribution in [0.2, 0.25) is 0 Å². The van der Waals surface area contributed by atoms with Gasteiger partial charge in [-0.3, -0.25) is 14.4 Å². The molecule has 1 atom stereocenters. The second-order valence-electron chi connectivity index (χ2n) is 8.08. The Bertz CT molecular complexity index is 997. The number of amides is 2. The lowest BCUT2D eigenvalue weighted by Crippen LogP contribution is -2.43. The summed E-state index contributed by atoms with van der Waals surface area (Å²) >= 11 is 0. The Morgan fingerprint density at radius 1 is 1.03 bits per heavy atom. The quantitative estimate of drug-likeness (QED) is 0.706. The standard InChI is InChI=1S/C24H26N2O5/c1-30-20-11-4-3-10-19(20)26-22(28)16-8-7-9-17(14-16)25-23(29)18-15-21(27)31-24(18)12-5-2-6-13-24/h3-4,7-11,14,18H,2,5-6,12-13,15H2,1H3,(H,25,29)(H,26,28). The summed E-state index contributed by atoms with van der Waals surface area (Å²) in [6.45, 7) is 0. The summed E-state index contributed by atoms with van der Waals surface area (Å²) < 4.78 is 10.9. The normalized spacial score (nSPS) is 19.5. The fourth-order valence-electron chi connectivity index (χ4n) is 4.53. The van der Waals surface area contributed by atoms with E-state index in [1.54, 1.807) is 42.5 Å². The molecule has 2 aliphatic rings. The minimum atomic E-state index is -0.682. The molecule has 2 N–H and O–H groups in total. The first kappa shape index (κ1) is 20.9. The van der Waals surface area contributed by atoms with Crippen LogP contribution >= 0.6 is 0 Å². The van der Waals surface area contributed by atoms with E-state index in [0.717, 1.165) is 32.1 Å². The molecule has 1 aliphatic heterocycles. The third-order valence-corrected chi connectivity index (χ3v) is 6.09. The van der Waals surface area contributed by atoms with Crippen LogP contribution in [0.5, 0.6) is 5.75 Å². The average Bonchev–Trinajstić information content (AvgIpc) is 3.10. The highest BCUT2D eigenvalue weighted by Gasteiger charge is 2.52. The lowest BCUT2D eigenvalue weighted by atomic mass is 9.75. The van der Waals surface area contributed by atoms with Gasteiger partial charge in [0.05, 0.1) is 25.1 Å². The molecule has 1 saturated carbocycles. The van der Waals surface area contributed by atoms with Crippen molar-refractivity contribution in [2.45, 2.75) is 44.1 Å². The predicted molar refractivity (Wildman–Crippen MR) is 116 cm³/mol. The third kappa shape index (κ3) is 4.40. The zero-order valence-electron chi connectivity index (χ0n) is 17.5. The van der Waals surface area contributed by atoms with Gasteiger partial charge in [0.15, 0.2) is 0 Å². The molecule has 0 radical (unpaired) electrons. The maximum atomic E-state index is 13.0. The van der Waals surface area contributed by atoms with E-state index in [1.807, 2.05) is 6.07 Å². The first-order chi connectivity index (χ1) is 15.0. The summed E-state index contributed by atoms with van der Waals surface area (Å²) in [6.07, 6.45) is 4.54. The van der Waals surface area contributed by atoms with Gasteiger partial charge >= 0.3 is 5.97 Å². The topological polar surface area (TPSA) is 93.7 Å². The number of methoxy groups -OCH3 is 1. The first-order valence-corrected chi connectivity index (χ1v) is 10.6. The van der Waals surface area contributed by atoms with E-state index >= 15 is 0 Å². The average molecular weight is 422 g/mol. The molecule has 1 aliphatic carbocycles. The summed E-state index contributed by atoms with van der Waals surface area (Å²) in [5, 5.41) is 5.71. The molecule has 1 spiro atoms. The van der Waals surface area contributed by atoms with Crippen molar-refractivity contribution >= 4 is 29.2 Å². The van der Waals surface area contributed by atoms with Crippen LogP contribution in [-0.4, -0.2) is 30.5 Å². The lowest BCUT2D eigenvalue weighted by Gasteiger charge is -2.36. The van der Waals surface area contributed by atoms with Gasteiger partial charge in [0, 0.05) is 11.3 Å². The number of benzene rings is 2. The zero-order chi connectivity index (χ0) is 21.8. The van der Waals surface area contributed by atoms with Crippen LogP contribution in [0.3, 0.4) is 0 Å². The van der Waals surface area contributed by atoms with Gasteiger partial charge in [0.25, 0.3) is 5.91 Å². The monoisotopic (exact) mass is 422 g/mol. The van der Waals surface area contributed by atoms with Gasteiger partial charge in [-0.1, -0.05) is 24.6 Å². The van der Waals surface area contributed by atoms with E-state index in [9.17, 15) is 14.4 Å². The summed E-state index contributed by atoms with van der Waals surface area (Å²) in [7, 11) is 1.54. The number of carbonyl (C=O) groups excluding carboxylic acids is 3. The van der Waals surface area contributed by atoms with E-state index in [-0.39, 0.29) is 24.2 Å². The highest BCUT2D eigenvalue weighted by atomic mass is 16.6. The van der Waals surface area contributed by atoms with E-state index in [4.69, 9.17) is 9.47 Å². The molecule has 2 aromatic carbocycles. The highest BCUT2D eigenvalue weighted by molar-refractivity contribution is 6.06. The molecule has 31 heavy (non-hydrogen) atoms. The second kappa shape index (κ2) is 8.79. The van der Waals surface area contributed by atoms with Crippen LogP contribution in [0.25, 0.3) is 0 Å². The summed E-state index contributed by atoms with van der Waals surface area (Å²) in [5.74, 6) is -0.818.